The van der Waals surface area contributed by atoms with Gasteiger partial charge in [0, 0.05) is 17.2 Å². The molecule has 2 aromatic heterocycles. The van der Waals surface area contributed by atoms with E-state index in [-0.39, 0.29) is 17.5 Å². The van der Waals surface area contributed by atoms with E-state index in [1.54, 1.807) is 13.2 Å². The number of rotatable bonds is 7. The lowest BCUT2D eigenvalue weighted by molar-refractivity contribution is 0.0904. The van der Waals surface area contributed by atoms with E-state index >= 15 is 0 Å². The number of nitrogens with zero attached hydrogens (tertiary/aromatic N) is 3. The highest BCUT2D eigenvalue weighted by Crippen LogP contribution is 2.26. The monoisotopic (exact) mass is 432 g/mol. The van der Waals surface area contributed by atoms with Crippen molar-refractivity contribution in [2.75, 3.05) is 7.11 Å². The van der Waals surface area contributed by atoms with Crippen molar-refractivity contribution < 1.29 is 18.6 Å². The molecular formula is C24H24N4O4. The number of aromatic nitrogens is 3. The molecule has 0 saturated heterocycles. The summed E-state index contributed by atoms with van der Waals surface area (Å²) in [6.45, 7) is 5.93. The van der Waals surface area contributed by atoms with Gasteiger partial charge in [-0.25, -0.2) is 0 Å². The number of amides is 1. The van der Waals surface area contributed by atoms with Gasteiger partial charge in [-0.15, -0.1) is 0 Å². The lowest BCUT2D eigenvalue weighted by atomic mass is 10.0. The molecule has 0 unspecified atom stereocenters. The number of carbonyl (C=O) groups is 1. The van der Waals surface area contributed by atoms with E-state index in [4.69, 9.17) is 13.8 Å². The summed E-state index contributed by atoms with van der Waals surface area (Å²) < 4.78 is 16.0. The van der Waals surface area contributed by atoms with Gasteiger partial charge in [0.2, 0.25) is 11.7 Å². The average molecular weight is 432 g/mol. The SMILES string of the molecule is COc1ccc(-c2noc([C@H](NC(=O)c3cc(-c4ccc(C)cc4)on3)C(C)C)n2)cc1. The standard InChI is InChI=1S/C24H24N4O4/c1-14(2)21(24-26-22(28-32-24)17-9-11-18(30-4)12-10-17)25-23(29)19-13-20(31-27-19)16-7-5-15(3)6-8-16/h5-14,21H,1-4H3,(H,25,29)/t21-/m1/s1. The van der Waals surface area contributed by atoms with Crippen LogP contribution in [0.15, 0.2) is 63.6 Å². The Bertz CT molecular complexity index is 1190. The van der Waals surface area contributed by atoms with Gasteiger partial charge in [-0.1, -0.05) is 54.0 Å². The molecule has 8 nitrogen and oxygen atoms in total. The Morgan fingerprint density at radius 2 is 1.66 bits per heavy atom. The van der Waals surface area contributed by atoms with Crippen molar-refractivity contribution in [1.82, 2.24) is 20.6 Å². The zero-order valence-corrected chi connectivity index (χ0v) is 18.3. The van der Waals surface area contributed by atoms with Crippen molar-refractivity contribution in [2.24, 2.45) is 5.92 Å². The summed E-state index contributed by atoms with van der Waals surface area (Å²) in [5.74, 6) is 1.65. The quantitative estimate of drug-likeness (QED) is 0.446. The highest BCUT2D eigenvalue weighted by atomic mass is 16.5. The second-order valence-electron chi connectivity index (χ2n) is 7.82. The van der Waals surface area contributed by atoms with E-state index in [0.29, 0.717) is 17.5 Å². The first-order valence-corrected chi connectivity index (χ1v) is 10.3. The van der Waals surface area contributed by atoms with E-state index in [2.05, 4.69) is 20.6 Å². The van der Waals surface area contributed by atoms with Crippen LogP contribution in [0.25, 0.3) is 22.7 Å². The van der Waals surface area contributed by atoms with Crippen LogP contribution in [0.3, 0.4) is 0 Å². The van der Waals surface area contributed by atoms with Crippen LogP contribution in [-0.2, 0) is 0 Å². The molecule has 1 amide bonds. The zero-order chi connectivity index (χ0) is 22.7. The van der Waals surface area contributed by atoms with Crippen molar-refractivity contribution in [1.29, 1.82) is 0 Å². The first kappa shape index (κ1) is 21.3. The summed E-state index contributed by atoms with van der Waals surface area (Å²) in [6.07, 6.45) is 0. The molecular weight excluding hydrogens is 408 g/mol. The van der Waals surface area contributed by atoms with Gasteiger partial charge in [-0.05, 0) is 37.1 Å². The van der Waals surface area contributed by atoms with E-state index in [1.165, 1.54) is 0 Å². The van der Waals surface area contributed by atoms with Crippen LogP contribution in [0.4, 0.5) is 0 Å². The van der Waals surface area contributed by atoms with E-state index < -0.39 is 6.04 Å². The molecule has 0 fully saturated rings. The Balaban J connectivity index is 1.51. The molecule has 32 heavy (non-hydrogen) atoms. The maximum Gasteiger partial charge on any atom is 0.274 e. The minimum Gasteiger partial charge on any atom is -0.497 e. The number of carbonyl (C=O) groups excluding carboxylic acids is 1. The summed E-state index contributed by atoms with van der Waals surface area (Å²) in [5.41, 5.74) is 2.96. The van der Waals surface area contributed by atoms with Crippen LogP contribution in [0.5, 0.6) is 5.75 Å². The molecule has 0 bridgehead atoms. The summed E-state index contributed by atoms with van der Waals surface area (Å²) in [6, 6.07) is 16.3. The molecule has 2 aromatic carbocycles. The number of benzene rings is 2. The van der Waals surface area contributed by atoms with Gasteiger partial charge in [0.1, 0.15) is 11.8 Å². The third kappa shape index (κ3) is 4.54. The second kappa shape index (κ2) is 9.05. The Labute approximate surface area is 185 Å². The molecule has 0 aliphatic heterocycles. The number of hydrogen-bond donors (Lipinski definition) is 1. The lowest BCUT2D eigenvalue weighted by Crippen LogP contribution is -2.32. The van der Waals surface area contributed by atoms with Crippen LogP contribution < -0.4 is 10.1 Å². The normalized spacial score (nSPS) is 12.0. The van der Waals surface area contributed by atoms with Gasteiger partial charge < -0.3 is 19.1 Å². The highest BCUT2D eigenvalue weighted by Gasteiger charge is 2.26. The molecule has 0 aliphatic carbocycles. The third-order valence-corrected chi connectivity index (χ3v) is 5.09. The zero-order valence-electron chi connectivity index (χ0n) is 18.3. The van der Waals surface area contributed by atoms with Crippen molar-refractivity contribution in [2.45, 2.75) is 26.8 Å². The molecule has 2 heterocycles. The van der Waals surface area contributed by atoms with Gasteiger partial charge >= 0.3 is 0 Å². The maximum atomic E-state index is 12.8. The summed E-state index contributed by atoms with van der Waals surface area (Å²) in [4.78, 5) is 17.3. The van der Waals surface area contributed by atoms with E-state index in [0.717, 1.165) is 22.4 Å². The molecule has 4 rings (SSSR count). The second-order valence-corrected chi connectivity index (χ2v) is 7.82. The molecule has 0 radical (unpaired) electrons. The van der Waals surface area contributed by atoms with E-state index in [9.17, 15) is 4.79 Å². The summed E-state index contributed by atoms with van der Waals surface area (Å²) >= 11 is 0. The Kier molecular flexibility index (Phi) is 6.02. The maximum absolute atomic E-state index is 12.8. The number of aryl methyl sites for hydroxylation is 1. The number of methoxy groups -OCH3 is 1. The first-order chi connectivity index (χ1) is 15.4. The fourth-order valence-corrected chi connectivity index (χ4v) is 3.18. The molecule has 1 atom stereocenters. The predicted octanol–water partition coefficient (Wildman–Crippen LogP) is 4.84. The number of nitrogens with one attached hydrogen (secondary N) is 1. The van der Waals surface area contributed by atoms with Crippen LogP contribution in [0.1, 0.15) is 41.8 Å². The Morgan fingerprint density at radius 1 is 0.969 bits per heavy atom. The van der Waals surface area contributed by atoms with Crippen LogP contribution >= 0.6 is 0 Å². The van der Waals surface area contributed by atoms with Crippen molar-refractivity contribution in [3.63, 3.8) is 0 Å². The summed E-state index contributed by atoms with van der Waals surface area (Å²) in [7, 11) is 1.61. The van der Waals surface area contributed by atoms with Crippen molar-refractivity contribution in [3.8, 4) is 28.5 Å². The van der Waals surface area contributed by atoms with Crippen molar-refractivity contribution >= 4 is 5.91 Å². The van der Waals surface area contributed by atoms with Gasteiger partial charge in [0.15, 0.2) is 11.5 Å². The molecule has 8 heteroatoms. The topological polar surface area (TPSA) is 103 Å². The first-order valence-electron chi connectivity index (χ1n) is 10.3. The van der Waals surface area contributed by atoms with Crippen LogP contribution in [-0.4, -0.2) is 28.3 Å². The fraction of sp³-hybridized carbons (Fsp3) is 0.250. The van der Waals surface area contributed by atoms with E-state index in [1.807, 2.05) is 69.3 Å². The van der Waals surface area contributed by atoms with Gasteiger partial charge in [0.05, 0.1) is 7.11 Å². The Morgan fingerprint density at radius 3 is 2.31 bits per heavy atom. The predicted molar refractivity (Wildman–Crippen MR) is 118 cm³/mol. The van der Waals surface area contributed by atoms with Crippen LogP contribution in [0, 0.1) is 12.8 Å². The largest absolute Gasteiger partial charge is 0.497 e. The molecule has 0 aliphatic rings. The van der Waals surface area contributed by atoms with Gasteiger partial charge in [-0.2, -0.15) is 4.98 Å². The summed E-state index contributed by atoms with van der Waals surface area (Å²) in [5, 5.41) is 10.9. The molecule has 164 valence electrons. The number of ether oxygens (including phenoxy) is 1. The average Bonchev–Trinajstić information content (AvgIpc) is 3.48. The molecule has 1 N–H and O–H groups in total. The number of hydrogen-bond acceptors (Lipinski definition) is 7. The lowest BCUT2D eigenvalue weighted by Gasteiger charge is -2.17. The van der Waals surface area contributed by atoms with Gasteiger partial charge in [-0.3, -0.25) is 4.79 Å². The molecule has 4 aromatic rings. The Hall–Kier alpha value is -3.94. The van der Waals surface area contributed by atoms with Crippen LogP contribution in [0.2, 0.25) is 0 Å². The fourth-order valence-electron chi connectivity index (χ4n) is 3.18. The third-order valence-electron chi connectivity index (χ3n) is 5.09. The molecule has 0 spiro atoms. The smallest absolute Gasteiger partial charge is 0.274 e. The minimum atomic E-state index is -0.485. The molecule has 0 saturated carbocycles. The van der Waals surface area contributed by atoms with Gasteiger partial charge in [0.25, 0.3) is 5.91 Å². The highest BCUT2D eigenvalue weighted by molar-refractivity contribution is 5.93. The van der Waals surface area contributed by atoms with Crippen molar-refractivity contribution in [3.05, 3.63) is 71.7 Å². The minimum absolute atomic E-state index is 0.00610.